The highest BCUT2D eigenvalue weighted by molar-refractivity contribution is 5.92. The van der Waals surface area contributed by atoms with Gasteiger partial charge in [0.1, 0.15) is 23.8 Å². The lowest BCUT2D eigenvalue weighted by Crippen LogP contribution is -2.39. The molecule has 0 aromatic carbocycles. The van der Waals surface area contributed by atoms with Crippen LogP contribution in [0.25, 0.3) is 11.3 Å². The van der Waals surface area contributed by atoms with Gasteiger partial charge in [0.2, 0.25) is 5.88 Å². The molecule has 33 heavy (non-hydrogen) atoms. The molecule has 1 N–H and O–H groups in total. The molecule has 1 aliphatic heterocycles. The van der Waals surface area contributed by atoms with Gasteiger partial charge < -0.3 is 19.3 Å². The average molecular weight is 463 g/mol. The molecule has 4 heterocycles. The number of carbonyl (C=O) groups is 1. The minimum atomic E-state index is -4.53. The zero-order valence-electron chi connectivity index (χ0n) is 17.6. The lowest BCUT2D eigenvalue weighted by atomic mass is 10.1. The summed E-state index contributed by atoms with van der Waals surface area (Å²) in [6.45, 7) is 2.85. The number of nitrogens with zero attached hydrogens (tertiary/aromatic N) is 4. The molecule has 4 rings (SSSR count). The van der Waals surface area contributed by atoms with Gasteiger partial charge in [0.25, 0.3) is 5.91 Å². The predicted molar refractivity (Wildman–Crippen MR) is 107 cm³/mol. The summed E-state index contributed by atoms with van der Waals surface area (Å²) in [5.74, 6) is 0.271. The van der Waals surface area contributed by atoms with E-state index in [1.165, 1.54) is 18.2 Å². The Balaban J connectivity index is 1.40. The molecule has 0 aliphatic carbocycles. The number of amides is 1. The quantitative estimate of drug-likeness (QED) is 0.592. The van der Waals surface area contributed by atoms with Gasteiger partial charge in [-0.3, -0.25) is 9.78 Å². The maximum absolute atomic E-state index is 12.8. The highest BCUT2D eigenvalue weighted by atomic mass is 19.4. The van der Waals surface area contributed by atoms with Crippen molar-refractivity contribution in [1.29, 1.82) is 0 Å². The van der Waals surface area contributed by atoms with E-state index in [1.807, 2.05) is 0 Å². The molecule has 174 valence electrons. The summed E-state index contributed by atoms with van der Waals surface area (Å²) in [5, 5.41) is 14.6. The van der Waals surface area contributed by atoms with E-state index in [9.17, 15) is 18.0 Å². The molecule has 3 aromatic heterocycles. The molecule has 0 atom stereocenters. The van der Waals surface area contributed by atoms with Gasteiger partial charge in [-0.2, -0.15) is 13.2 Å². The van der Waals surface area contributed by atoms with Crippen LogP contribution in [0.5, 0.6) is 5.88 Å². The molecule has 0 bridgehead atoms. The minimum Gasteiger partial charge on any atom is -0.472 e. The number of rotatable bonds is 6. The van der Waals surface area contributed by atoms with Gasteiger partial charge in [-0.1, -0.05) is 5.16 Å². The monoisotopic (exact) mass is 463 g/mol. The number of hydrogen-bond acceptors (Lipinski definition) is 8. The zero-order chi connectivity index (χ0) is 23.4. The number of ether oxygens (including phenoxy) is 2. The second-order valence-corrected chi connectivity index (χ2v) is 7.40. The maximum Gasteiger partial charge on any atom is 0.433 e. The van der Waals surface area contributed by atoms with Crippen LogP contribution in [0.2, 0.25) is 0 Å². The highest BCUT2D eigenvalue weighted by Crippen LogP contribution is 2.30. The van der Waals surface area contributed by atoms with Crippen molar-refractivity contribution in [2.24, 2.45) is 0 Å². The fraction of sp³-hybridized carbons (Fsp3) is 0.381. The number of carbonyl (C=O) groups excluding carboxylic acids is 1. The van der Waals surface area contributed by atoms with Crippen molar-refractivity contribution in [2.45, 2.75) is 38.6 Å². The number of halogens is 3. The first kappa shape index (κ1) is 22.6. The number of alkyl halides is 3. The number of hydrogen-bond donors (Lipinski definition) is 1. The van der Waals surface area contributed by atoms with Crippen LogP contribution in [0.15, 0.2) is 35.0 Å². The van der Waals surface area contributed by atoms with Gasteiger partial charge in [0.15, 0.2) is 5.69 Å². The van der Waals surface area contributed by atoms with Crippen molar-refractivity contribution >= 4 is 5.91 Å². The summed E-state index contributed by atoms with van der Waals surface area (Å²) in [6.07, 6.45) is -1.96. The first-order valence-electron chi connectivity index (χ1n) is 10.1. The fourth-order valence-corrected chi connectivity index (χ4v) is 3.26. The molecule has 12 heteroatoms. The van der Waals surface area contributed by atoms with E-state index in [0.29, 0.717) is 35.8 Å². The van der Waals surface area contributed by atoms with Gasteiger partial charge in [-0.15, -0.1) is 10.2 Å². The summed E-state index contributed by atoms with van der Waals surface area (Å²) in [5.41, 5.74) is 0.352. The Kier molecular flexibility index (Phi) is 6.54. The smallest absolute Gasteiger partial charge is 0.433 e. The van der Waals surface area contributed by atoms with Gasteiger partial charge in [0, 0.05) is 37.1 Å². The summed E-state index contributed by atoms with van der Waals surface area (Å²) < 4.78 is 54.3. The van der Waals surface area contributed by atoms with Crippen molar-refractivity contribution in [1.82, 2.24) is 25.7 Å². The Bertz CT molecular complexity index is 1090. The molecule has 3 aromatic rings. The van der Waals surface area contributed by atoms with Crippen molar-refractivity contribution in [3.8, 4) is 17.1 Å². The number of nitrogens with one attached hydrogen (secondary N) is 1. The zero-order valence-corrected chi connectivity index (χ0v) is 17.6. The maximum atomic E-state index is 12.8. The van der Waals surface area contributed by atoms with Crippen molar-refractivity contribution in [2.75, 3.05) is 13.2 Å². The molecule has 9 nitrogen and oxygen atoms in total. The second kappa shape index (κ2) is 9.53. The highest BCUT2D eigenvalue weighted by Gasteiger charge is 2.32. The molecule has 1 aliphatic rings. The van der Waals surface area contributed by atoms with E-state index < -0.39 is 11.9 Å². The molecule has 0 radical (unpaired) electrons. The van der Waals surface area contributed by atoms with Crippen molar-refractivity contribution in [3.63, 3.8) is 0 Å². The van der Waals surface area contributed by atoms with Gasteiger partial charge in [-0.25, -0.2) is 0 Å². The molecule has 0 saturated carbocycles. The van der Waals surface area contributed by atoms with Gasteiger partial charge in [-0.05, 0) is 38.0 Å². The Morgan fingerprint density at radius 3 is 2.61 bits per heavy atom. The number of pyridine rings is 1. The molecular weight excluding hydrogens is 443 g/mol. The summed E-state index contributed by atoms with van der Waals surface area (Å²) in [6, 6.07) is 5.19. The normalized spacial score (nSPS) is 14.8. The first-order chi connectivity index (χ1) is 15.8. The largest absolute Gasteiger partial charge is 0.472 e. The third-order valence-electron chi connectivity index (χ3n) is 5.11. The SMILES string of the molecule is Cc1onc(-c2ccc(C(F)(F)F)nc2)c1COc1ccc(C(=O)NC2CCOCC2)nn1. The third kappa shape index (κ3) is 5.45. The molecule has 0 unspecified atom stereocenters. The van der Waals surface area contributed by atoms with Crippen LogP contribution in [0.3, 0.4) is 0 Å². The van der Waals surface area contributed by atoms with Crippen molar-refractivity contribution < 1.29 is 32.0 Å². The van der Waals surface area contributed by atoms with E-state index in [0.717, 1.165) is 25.1 Å². The number of aromatic nitrogens is 4. The minimum absolute atomic E-state index is 0.0199. The predicted octanol–water partition coefficient (Wildman–Crippen LogP) is 3.34. The molecule has 1 amide bonds. The van der Waals surface area contributed by atoms with E-state index in [-0.39, 0.29) is 30.1 Å². The molecule has 1 saturated heterocycles. The topological polar surface area (TPSA) is 112 Å². The van der Waals surface area contributed by atoms with E-state index in [4.69, 9.17) is 14.0 Å². The summed E-state index contributed by atoms with van der Waals surface area (Å²) in [7, 11) is 0. The number of aryl methyl sites for hydroxylation is 1. The first-order valence-corrected chi connectivity index (χ1v) is 10.1. The third-order valence-corrected chi connectivity index (χ3v) is 5.11. The Hall–Kier alpha value is -3.54. The Labute approximate surface area is 186 Å². The van der Waals surface area contributed by atoms with Crippen LogP contribution in [0.4, 0.5) is 13.2 Å². The standard InChI is InChI=1S/C21H20F3N5O4/c1-12-15(19(29-33-12)13-2-4-17(25-10-13)21(22,23)24)11-32-18-5-3-16(27-28-18)20(30)26-14-6-8-31-9-7-14/h2-5,10,14H,6-9,11H2,1H3,(H,26,30). The van der Waals surface area contributed by atoms with Gasteiger partial charge in [0.05, 0.1) is 5.56 Å². The van der Waals surface area contributed by atoms with Crippen LogP contribution in [0.1, 0.15) is 40.3 Å². The van der Waals surface area contributed by atoms with E-state index >= 15 is 0 Å². The molecular formula is C21H20F3N5O4. The molecule has 1 fully saturated rings. The van der Waals surface area contributed by atoms with Crippen molar-refractivity contribution in [3.05, 3.63) is 53.2 Å². The van der Waals surface area contributed by atoms with Crippen LogP contribution in [0, 0.1) is 6.92 Å². The molecule has 0 spiro atoms. The van der Waals surface area contributed by atoms with E-state index in [2.05, 4.69) is 25.7 Å². The van der Waals surface area contributed by atoms with Gasteiger partial charge >= 0.3 is 6.18 Å². The van der Waals surface area contributed by atoms with Crippen LogP contribution >= 0.6 is 0 Å². The summed E-state index contributed by atoms with van der Waals surface area (Å²) in [4.78, 5) is 15.8. The second-order valence-electron chi connectivity index (χ2n) is 7.40. The van der Waals surface area contributed by atoms with E-state index in [1.54, 1.807) is 6.92 Å². The lowest BCUT2D eigenvalue weighted by molar-refractivity contribution is -0.141. The van der Waals surface area contributed by atoms with Crippen LogP contribution in [-0.2, 0) is 17.5 Å². The fourth-order valence-electron chi connectivity index (χ4n) is 3.26. The average Bonchev–Trinajstić information content (AvgIpc) is 3.18. The lowest BCUT2D eigenvalue weighted by Gasteiger charge is -2.22. The van der Waals surface area contributed by atoms with Crippen LogP contribution in [-0.4, -0.2) is 45.5 Å². The Morgan fingerprint density at radius 2 is 1.97 bits per heavy atom. The van der Waals surface area contributed by atoms with Crippen LogP contribution < -0.4 is 10.1 Å². The summed E-state index contributed by atoms with van der Waals surface area (Å²) >= 11 is 0. The Morgan fingerprint density at radius 1 is 1.18 bits per heavy atom.